The minimum Gasteiger partial charge on any atom is -0.366 e. The highest BCUT2D eigenvalue weighted by Crippen LogP contribution is 2.34. The quantitative estimate of drug-likeness (QED) is 0.337. The number of fused-ring (bicyclic) bond motifs is 2. The van der Waals surface area contributed by atoms with Crippen LogP contribution < -0.4 is 0 Å². The molecule has 7 heteroatoms. The number of aryl methyl sites for hydroxylation is 1. The van der Waals surface area contributed by atoms with Gasteiger partial charge < -0.3 is 9.53 Å². The van der Waals surface area contributed by atoms with Crippen LogP contribution in [-0.4, -0.2) is 50.4 Å². The Labute approximate surface area is 201 Å². The Morgan fingerprint density at radius 1 is 1.24 bits per heavy atom. The van der Waals surface area contributed by atoms with Crippen LogP contribution in [-0.2, 0) is 22.5 Å². The molecule has 2 aromatic heterocycles. The summed E-state index contributed by atoms with van der Waals surface area (Å²) in [6.07, 6.45) is 7.19. The van der Waals surface area contributed by atoms with Crippen molar-refractivity contribution in [3.8, 4) is 0 Å². The third kappa shape index (κ3) is 5.59. The minimum atomic E-state index is -0.412. The van der Waals surface area contributed by atoms with Gasteiger partial charge in [-0.1, -0.05) is 18.2 Å². The Balaban J connectivity index is 1.69. The van der Waals surface area contributed by atoms with E-state index in [0.29, 0.717) is 18.8 Å². The largest absolute Gasteiger partial charge is 0.366 e. The van der Waals surface area contributed by atoms with Gasteiger partial charge in [0.1, 0.15) is 18.7 Å². The first-order valence-electron chi connectivity index (χ1n) is 12.1. The van der Waals surface area contributed by atoms with Gasteiger partial charge in [0.25, 0.3) is 5.91 Å². The molecule has 0 fully saturated rings. The normalized spacial score (nSPS) is 16.1. The average molecular weight is 463 g/mol. The van der Waals surface area contributed by atoms with E-state index in [4.69, 9.17) is 14.7 Å². The van der Waals surface area contributed by atoms with Crippen molar-refractivity contribution in [3.05, 3.63) is 59.7 Å². The first-order valence-corrected chi connectivity index (χ1v) is 12.1. The van der Waals surface area contributed by atoms with E-state index in [1.165, 1.54) is 5.56 Å². The molecule has 1 aliphatic carbocycles. The zero-order valence-corrected chi connectivity index (χ0v) is 20.4. The molecule has 7 nitrogen and oxygen atoms in total. The van der Waals surface area contributed by atoms with Gasteiger partial charge in [-0.2, -0.15) is 0 Å². The molecule has 1 atom stereocenters. The Morgan fingerprint density at radius 2 is 2.06 bits per heavy atom. The fourth-order valence-electron chi connectivity index (χ4n) is 4.65. The molecule has 1 unspecified atom stereocenters. The van der Waals surface area contributed by atoms with E-state index in [1.54, 1.807) is 4.57 Å². The number of hydrogen-bond donors (Lipinski definition) is 0. The van der Waals surface area contributed by atoms with Crippen LogP contribution in [0.15, 0.2) is 42.6 Å². The Kier molecular flexibility index (Phi) is 7.54. The fraction of sp³-hybridized carbons (Fsp3) is 0.481. The summed E-state index contributed by atoms with van der Waals surface area (Å²) in [6.45, 7) is 7.03. The summed E-state index contributed by atoms with van der Waals surface area (Å²) in [4.78, 5) is 36.3. The third-order valence-electron chi connectivity index (χ3n) is 6.23. The van der Waals surface area contributed by atoms with Crippen molar-refractivity contribution in [3.63, 3.8) is 0 Å². The average Bonchev–Trinajstić information content (AvgIpc) is 3.19. The molecule has 34 heavy (non-hydrogen) atoms. The summed E-state index contributed by atoms with van der Waals surface area (Å²) in [5.41, 5.74) is 3.55. The Bertz CT molecular complexity index is 1150. The fourth-order valence-corrected chi connectivity index (χ4v) is 4.65. The van der Waals surface area contributed by atoms with Gasteiger partial charge in [0, 0.05) is 12.6 Å². The summed E-state index contributed by atoms with van der Waals surface area (Å²) < 4.78 is 7.51. The number of hydrogen-bond acceptors (Lipinski definition) is 6. The smallest absolute Gasteiger partial charge is 0.258 e. The van der Waals surface area contributed by atoms with Crippen molar-refractivity contribution in [2.75, 3.05) is 13.2 Å². The predicted molar refractivity (Wildman–Crippen MR) is 132 cm³/mol. The van der Waals surface area contributed by atoms with Gasteiger partial charge >= 0.3 is 0 Å². The number of carbonyl (C=O) groups excluding carboxylic acids is 2. The topological polar surface area (TPSA) is 77.3 Å². The molecule has 0 radical (unpaired) electrons. The van der Waals surface area contributed by atoms with E-state index >= 15 is 0 Å². The van der Waals surface area contributed by atoms with E-state index in [1.807, 2.05) is 57.3 Å². The monoisotopic (exact) mass is 462 g/mol. The molecule has 0 bridgehead atoms. The first-order chi connectivity index (χ1) is 16.4. The number of pyridine rings is 1. The van der Waals surface area contributed by atoms with Crippen LogP contribution >= 0.6 is 0 Å². The number of unbranched alkanes of at least 4 members (excludes halogenated alkanes) is 1. The lowest BCUT2D eigenvalue weighted by Crippen LogP contribution is -2.34. The van der Waals surface area contributed by atoms with Crippen LogP contribution in [0, 0.1) is 0 Å². The number of aldehydes is 1. The van der Waals surface area contributed by atoms with Crippen LogP contribution in [0.2, 0.25) is 0 Å². The van der Waals surface area contributed by atoms with Crippen LogP contribution in [0.5, 0.6) is 0 Å². The van der Waals surface area contributed by atoms with E-state index < -0.39 is 5.60 Å². The zero-order chi connectivity index (χ0) is 24.1. The summed E-state index contributed by atoms with van der Waals surface area (Å²) in [6, 6.07) is 12.0. The van der Waals surface area contributed by atoms with Crippen LogP contribution in [0.1, 0.15) is 74.4 Å². The lowest BCUT2D eigenvalue weighted by molar-refractivity contribution is -0.108. The van der Waals surface area contributed by atoms with Gasteiger partial charge in [-0.25, -0.2) is 4.98 Å². The molecule has 0 N–H and O–H groups in total. The molecule has 1 aliphatic rings. The van der Waals surface area contributed by atoms with E-state index in [9.17, 15) is 9.59 Å². The van der Waals surface area contributed by atoms with Crippen molar-refractivity contribution in [1.29, 1.82) is 0 Å². The molecule has 180 valence electrons. The second kappa shape index (κ2) is 10.6. The lowest BCUT2D eigenvalue weighted by Gasteiger charge is -2.34. The van der Waals surface area contributed by atoms with Crippen molar-refractivity contribution >= 4 is 23.2 Å². The maximum Gasteiger partial charge on any atom is 0.258 e. The number of imidazole rings is 1. The molecule has 0 aliphatic heterocycles. The lowest BCUT2D eigenvalue weighted by atomic mass is 9.90. The second-order valence-electron chi connectivity index (χ2n) is 9.88. The van der Waals surface area contributed by atoms with Gasteiger partial charge in [0.05, 0.1) is 34.9 Å². The molecule has 0 saturated carbocycles. The van der Waals surface area contributed by atoms with Crippen molar-refractivity contribution in [1.82, 2.24) is 19.4 Å². The van der Waals surface area contributed by atoms with Crippen molar-refractivity contribution in [2.45, 2.75) is 71.1 Å². The number of nitrogens with zero attached hydrogens (tertiary/aromatic N) is 4. The molecule has 0 spiro atoms. The SMILES string of the molecule is CC(C)(C)OCC(=O)n1c(CN(CCCC=O)C2CCCc3cccnc32)nc2ccccc21. The maximum absolute atomic E-state index is 13.3. The van der Waals surface area contributed by atoms with Gasteiger partial charge in [-0.15, -0.1) is 0 Å². The molecule has 1 aromatic carbocycles. The standard InChI is InChI=1S/C27H34N4O3/c1-27(2,3)34-19-25(33)31-22-13-5-4-12-21(22)29-24(31)18-30(16-6-7-17-32)23-14-8-10-20-11-9-15-28-26(20)23/h4-5,9,11-13,15,17,23H,6-8,10,14,16,18-19H2,1-3H3. The summed E-state index contributed by atoms with van der Waals surface area (Å²) in [7, 11) is 0. The third-order valence-corrected chi connectivity index (χ3v) is 6.23. The molecule has 2 heterocycles. The highest BCUT2D eigenvalue weighted by atomic mass is 16.5. The van der Waals surface area contributed by atoms with Crippen LogP contribution in [0.3, 0.4) is 0 Å². The zero-order valence-electron chi connectivity index (χ0n) is 20.4. The summed E-state index contributed by atoms with van der Waals surface area (Å²) >= 11 is 0. The van der Waals surface area contributed by atoms with Gasteiger partial charge in [0.15, 0.2) is 0 Å². The Morgan fingerprint density at radius 3 is 2.85 bits per heavy atom. The maximum atomic E-state index is 13.3. The molecule has 0 amide bonds. The van der Waals surface area contributed by atoms with E-state index in [0.717, 1.165) is 55.2 Å². The number of aromatic nitrogens is 3. The highest BCUT2D eigenvalue weighted by Gasteiger charge is 2.29. The highest BCUT2D eigenvalue weighted by molar-refractivity contribution is 5.91. The summed E-state index contributed by atoms with van der Waals surface area (Å²) in [5.74, 6) is 0.562. The number of rotatable bonds is 9. The number of carbonyl (C=O) groups is 2. The second-order valence-corrected chi connectivity index (χ2v) is 9.88. The Hall–Kier alpha value is -2.90. The minimum absolute atomic E-state index is 0.0180. The molecular formula is C27H34N4O3. The number of para-hydroxylation sites is 2. The molecule has 4 rings (SSSR count). The van der Waals surface area contributed by atoms with Crippen molar-refractivity contribution in [2.24, 2.45) is 0 Å². The van der Waals surface area contributed by atoms with E-state index in [-0.39, 0.29) is 18.6 Å². The predicted octanol–water partition coefficient (Wildman–Crippen LogP) is 4.75. The van der Waals surface area contributed by atoms with Crippen LogP contribution in [0.4, 0.5) is 0 Å². The van der Waals surface area contributed by atoms with E-state index in [2.05, 4.69) is 11.0 Å². The molecule has 3 aromatic rings. The van der Waals surface area contributed by atoms with Crippen LogP contribution in [0.25, 0.3) is 11.0 Å². The molecule has 0 saturated heterocycles. The van der Waals surface area contributed by atoms with Crippen molar-refractivity contribution < 1.29 is 14.3 Å². The number of benzene rings is 1. The van der Waals surface area contributed by atoms with Gasteiger partial charge in [-0.3, -0.25) is 19.2 Å². The summed E-state index contributed by atoms with van der Waals surface area (Å²) in [5, 5.41) is 0. The molecular weight excluding hydrogens is 428 g/mol. The van der Waals surface area contributed by atoms with Gasteiger partial charge in [0.2, 0.25) is 0 Å². The van der Waals surface area contributed by atoms with Gasteiger partial charge in [-0.05, 0) is 76.8 Å². The first kappa shape index (κ1) is 24.2. The number of ether oxygens (including phenoxy) is 1.